The van der Waals surface area contributed by atoms with Gasteiger partial charge in [0.15, 0.2) is 6.61 Å². The fourth-order valence-corrected chi connectivity index (χ4v) is 2.87. The second-order valence-electron chi connectivity index (χ2n) is 5.76. The smallest absolute Gasteiger partial charge is 0.262 e. The molecule has 2 rings (SSSR count). The average Bonchev–Trinajstić information content (AvgIpc) is 2.62. The van der Waals surface area contributed by atoms with Crippen molar-refractivity contribution in [1.29, 1.82) is 0 Å². The molecule has 8 nitrogen and oxygen atoms in total. The molecule has 0 aliphatic heterocycles. The number of hydrogen-bond acceptors (Lipinski definition) is 5. The van der Waals surface area contributed by atoms with Crippen molar-refractivity contribution in [1.82, 2.24) is 0 Å². The van der Waals surface area contributed by atoms with Gasteiger partial charge in [-0.1, -0.05) is 0 Å². The van der Waals surface area contributed by atoms with Gasteiger partial charge in [0, 0.05) is 11.3 Å². The largest absolute Gasteiger partial charge is 0.484 e. The van der Waals surface area contributed by atoms with Crippen molar-refractivity contribution in [2.75, 3.05) is 22.4 Å². The maximum atomic E-state index is 12.0. The molecule has 2 aromatic carbocycles. The van der Waals surface area contributed by atoms with Crippen LogP contribution in [0.1, 0.15) is 22.8 Å². The summed E-state index contributed by atoms with van der Waals surface area (Å²) in [7, 11) is -3.36. The minimum atomic E-state index is -3.36. The van der Waals surface area contributed by atoms with Crippen molar-refractivity contribution < 1.29 is 22.7 Å². The number of ether oxygens (including phenoxy) is 1. The van der Waals surface area contributed by atoms with Crippen molar-refractivity contribution >= 4 is 33.2 Å². The normalized spacial score (nSPS) is 10.9. The maximum absolute atomic E-state index is 12.0. The standard InChI is InChI=1S/C18H21N3O5S/c1-3-27(24,25)21-16-9-6-14(10-12(16)2)20-17(22)11-26-15-7-4-13(5-8-15)18(19)23/h4-10,21H,3,11H2,1-2H3,(H2,19,23)(H,20,22). The van der Waals surface area contributed by atoms with Crippen LogP contribution < -0.4 is 20.5 Å². The molecule has 0 aromatic heterocycles. The summed E-state index contributed by atoms with van der Waals surface area (Å²) in [6.45, 7) is 3.06. The summed E-state index contributed by atoms with van der Waals surface area (Å²) in [6, 6.07) is 11.0. The number of amides is 2. The summed E-state index contributed by atoms with van der Waals surface area (Å²) in [4.78, 5) is 23.0. The molecule has 0 aliphatic rings. The van der Waals surface area contributed by atoms with E-state index in [1.807, 2.05) is 0 Å². The van der Waals surface area contributed by atoms with Crippen LogP contribution in [0, 0.1) is 6.92 Å². The number of rotatable bonds is 8. The van der Waals surface area contributed by atoms with Crippen LogP contribution in [0.4, 0.5) is 11.4 Å². The molecule has 0 atom stereocenters. The molecular weight excluding hydrogens is 370 g/mol. The van der Waals surface area contributed by atoms with Crippen molar-refractivity contribution in [2.45, 2.75) is 13.8 Å². The fourth-order valence-electron chi connectivity index (χ4n) is 2.16. The van der Waals surface area contributed by atoms with Crippen LogP contribution in [0.2, 0.25) is 0 Å². The first-order valence-electron chi connectivity index (χ1n) is 8.14. The highest BCUT2D eigenvalue weighted by Gasteiger charge is 2.10. The fraction of sp³-hybridized carbons (Fsp3) is 0.222. The Morgan fingerprint density at radius 1 is 1.11 bits per heavy atom. The highest BCUT2D eigenvalue weighted by molar-refractivity contribution is 7.92. The van der Waals surface area contributed by atoms with Gasteiger partial charge in [0.05, 0.1) is 11.4 Å². The van der Waals surface area contributed by atoms with Crippen molar-refractivity contribution in [2.24, 2.45) is 5.73 Å². The number of sulfonamides is 1. The number of aryl methyl sites for hydroxylation is 1. The lowest BCUT2D eigenvalue weighted by molar-refractivity contribution is -0.118. The first-order valence-corrected chi connectivity index (χ1v) is 9.79. The molecule has 9 heteroatoms. The molecule has 0 heterocycles. The van der Waals surface area contributed by atoms with Crippen LogP contribution in [0.5, 0.6) is 5.75 Å². The molecule has 0 bridgehead atoms. The van der Waals surface area contributed by atoms with E-state index in [9.17, 15) is 18.0 Å². The Balaban J connectivity index is 1.93. The van der Waals surface area contributed by atoms with Gasteiger partial charge in [-0.15, -0.1) is 0 Å². The van der Waals surface area contributed by atoms with E-state index in [2.05, 4.69) is 10.0 Å². The number of hydrogen-bond donors (Lipinski definition) is 3. The van der Waals surface area contributed by atoms with Crippen LogP contribution in [0.15, 0.2) is 42.5 Å². The number of nitrogens with one attached hydrogen (secondary N) is 2. The quantitative estimate of drug-likeness (QED) is 0.633. The van der Waals surface area contributed by atoms with Gasteiger partial charge in [-0.2, -0.15) is 0 Å². The first kappa shape index (κ1) is 20.2. The van der Waals surface area contributed by atoms with Crippen LogP contribution in [-0.4, -0.2) is 32.6 Å². The SMILES string of the molecule is CCS(=O)(=O)Nc1ccc(NC(=O)COc2ccc(C(N)=O)cc2)cc1C. The molecule has 27 heavy (non-hydrogen) atoms. The molecule has 0 radical (unpaired) electrons. The molecule has 4 N–H and O–H groups in total. The van der Waals surface area contributed by atoms with E-state index in [1.54, 1.807) is 44.2 Å². The average molecular weight is 391 g/mol. The predicted molar refractivity (Wildman–Crippen MR) is 103 cm³/mol. The van der Waals surface area contributed by atoms with Gasteiger partial charge in [0.2, 0.25) is 15.9 Å². The van der Waals surface area contributed by atoms with E-state index in [0.29, 0.717) is 28.3 Å². The predicted octanol–water partition coefficient (Wildman–Crippen LogP) is 1.87. The highest BCUT2D eigenvalue weighted by Crippen LogP contribution is 2.21. The third-order valence-corrected chi connectivity index (χ3v) is 4.96. The number of carbonyl (C=O) groups is 2. The first-order chi connectivity index (χ1) is 12.7. The van der Waals surface area contributed by atoms with Crippen LogP contribution in [0.3, 0.4) is 0 Å². The lowest BCUT2D eigenvalue weighted by Crippen LogP contribution is -2.20. The second kappa shape index (κ2) is 8.54. The molecular formula is C18H21N3O5S. The Morgan fingerprint density at radius 3 is 2.33 bits per heavy atom. The topological polar surface area (TPSA) is 128 Å². The van der Waals surface area contributed by atoms with Crippen molar-refractivity contribution in [3.63, 3.8) is 0 Å². The summed E-state index contributed by atoms with van der Waals surface area (Å²) < 4.78 is 31.1. The van der Waals surface area contributed by atoms with E-state index in [-0.39, 0.29) is 18.3 Å². The Labute approximate surface area is 157 Å². The Kier molecular flexibility index (Phi) is 6.40. The van der Waals surface area contributed by atoms with Gasteiger partial charge >= 0.3 is 0 Å². The molecule has 0 spiro atoms. The minimum Gasteiger partial charge on any atom is -0.484 e. The highest BCUT2D eigenvalue weighted by atomic mass is 32.2. The zero-order valence-electron chi connectivity index (χ0n) is 15.0. The third kappa shape index (κ3) is 6.00. The van der Waals surface area contributed by atoms with E-state index in [4.69, 9.17) is 10.5 Å². The number of anilines is 2. The lowest BCUT2D eigenvalue weighted by Gasteiger charge is -2.12. The van der Waals surface area contributed by atoms with E-state index in [1.165, 1.54) is 12.1 Å². The summed E-state index contributed by atoms with van der Waals surface area (Å²) in [5.74, 6) is -0.520. The van der Waals surface area contributed by atoms with Crippen LogP contribution in [0.25, 0.3) is 0 Å². The number of carbonyl (C=O) groups excluding carboxylic acids is 2. The zero-order valence-corrected chi connectivity index (χ0v) is 15.8. The second-order valence-corrected chi connectivity index (χ2v) is 7.77. The Hall–Kier alpha value is -3.07. The molecule has 0 unspecified atom stereocenters. The zero-order chi connectivity index (χ0) is 20.0. The molecule has 2 aromatic rings. The van der Waals surface area contributed by atoms with Gasteiger partial charge in [-0.3, -0.25) is 14.3 Å². The summed E-state index contributed by atoms with van der Waals surface area (Å²) in [5.41, 5.74) is 7.15. The third-order valence-electron chi connectivity index (χ3n) is 3.66. The number of primary amides is 1. The number of benzene rings is 2. The van der Waals surface area contributed by atoms with Gasteiger partial charge in [-0.05, 0) is 61.9 Å². The molecule has 0 aliphatic carbocycles. The van der Waals surface area contributed by atoms with Crippen LogP contribution in [-0.2, 0) is 14.8 Å². The van der Waals surface area contributed by atoms with Gasteiger partial charge in [0.25, 0.3) is 5.91 Å². The van der Waals surface area contributed by atoms with Crippen LogP contribution >= 0.6 is 0 Å². The number of nitrogens with two attached hydrogens (primary N) is 1. The summed E-state index contributed by atoms with van der Waals surface area (Å²) in [6.07, 6.45) is 0. The van der Waals surface area contributed by atoms with Gasteiger partial charge in [-0.25, -0.2) is 8.42 Å². The van der Waals surface area contributed by atoms with E-state index < -0.39 is 15.9 Å². The minimum absolute atomic E-state index is 0.0251. The maximum Gasteiger partial charge on any atom is 0.262 e. The van der Waals surface area contributed by atoms with Crippen molar-refractivity contribution in [3.8, 4) is 5.75 Å². The summed E-state index contributed by atoms with van der Waals surface area (Å²) >= 11 is 0. The molecule has 0 saturated carbocycles. The molecule has 0 saturated heterocycles. The van der Waals surface area contributed by atoms with E-state index in [0.717, 1.165) is 0 Å². The van der Waals surface area contributed by atoms with Gasteiger partial charge in [0.1, 0.15) is 5.75 Å². The molecule has 144 valence electrons. The van der Waals surface area contributed by atoms with Gasteiger partial charge < -0.3 is 15.8 Å². The van der Waals surface area contributed by atoms with Crippen molar-refractivity contribution in [3.05, 3.63) is 53.6 Å². The van der Waals surface area contributed by atoms with E-state index >= 15 is 0 Å². The lowest BCUT2D eigenvalue weighted by atomic mass is 10.2. The Morgan fingerprint density at radius 2 is 1.78 bits per heavy atom. The molecule has 0 fully saturated rings. The summed E-state index contributed by atoms with van der Waals surface area (Å²) in [5, 5.41) is 2.67. The monoisotopic (exact) mass is 391 g/mol. The Bertz CT molecular complexity index is 940. The molecule has 2 amide bonds.